The van der Waals surface area contributed by atoms with Crippen LogP contribution in [-0.4, -0.2) is 90.1 Å². The Bertz CT molecular complexity index is 1500. The van der Waals surface area contributed by atoms with Gasteiger partial charge in [-0.15, -0.1) is 18.9 Å². The van der Waals surface area contributed by atoms with Crippen LogP contribution in [-0.2, 0) is 29.0 Å². The van der Waals surface area contributed by atoms with Gasteiger partial charge in [-0.2, -0.15) is 0 Å². The van der Waals surface area contributed by atoms with E-state index in [-0.39, 0.29) is 54.2 Å². The van der Waals surface area contributed by atoms with E-state index in [2.05, 4.69) is 33.8 Å². The summed E-state index contributed by atoms with van der Waals surface area (Å²) in [5, 5.41) is 11.3. The zero-order valence-corrected chi connectivity index (χ0v) is 32.0. The van der Waals surface area contributed by atoms with E-state index < -0.39 is 61.9 Å². The van der Waals surface area contributed by atoms with Gasteiger partial charge in [0, 0.05) is 19.5 Å². The molecule has 0 aromatic carbocycles. The normalized spacial score (nSPS) is 25.3. The molecule has 0 aromatic rings. The highest BCUT2D eigenvalue weighted by atomic mass is 32.2. The lowest BCUT2D eigenvalue weighted by Crippen LogP contribution is -2.63. The SMILES string of the molecule is C#CCCC(NC(=O)[C@@H]1C2C(CN1C(=O)[C@@H](NC(=O)NC1(CS(=O)(=O)C(C)(C)C)CCCCC1)C1CCCCC1)C2(C)C)C(=O)C(=O)NCC=C. The first-order valence-electron chi connectivity index (χ1n) is 18.7. The number of Topliss-reactive ketones (excluding diaryl/α,β-unsaturated/α-hetero) is 1. The fraction of sp³-hybridized carbons (Fsp3) is 0.763. The number of nitrogens with one attached hydrogen (secondary N) is 4. The van der Waals surface area contributed by atoms with Gasteiger partial charge in [-0.05, 0) is 76.0 Å². The molecule has 5 amide bonds. The number of rotatable bonds is 14. The van der Waals surface area contributed by atoms with Crippen molar-refractivity contribution in [2.75, 3.05) is 18.8 Å². The molecule has 1 heterocycles. The first kappa shape index (κ1) is 40.4. The van der Waals surface area contributed by atoms with Crippen LogP contribution < -0.4 is 21.3 Å². The average molecular weight is 730 g/mol. The third-order valence-electron chi connectivity index (χ3n) is 11.9. The van der Waals surface area contributed by atoms with Crippen molar-refractivity contribution < 1.29 is 32.4 Å². The summed E-state index contributed by atoms with van der Waals surface area (Å²) in [6, 6.07) is -3.59. The molecule has 0 aromatic heterocycles. The quantitative estimate of drug-likeness (QED) is 0.121. The van der Waals surface area contributed by atoms with Crippen LogP contribution in [0, 0.1) is 35.5 Å². The van der Waals surface area contributed by atoms with Crippen LogP contribution in [0.15, 0.2) is 12.7 Å². The monoisotopic (exact) mass is 729 g/mol. The summed E-state index contributed by atoms with van der Waals surface area (Å²) in [4.78, 5) is 69.9. The van der Waals surface area contributed by atoms with Gasteiger partial charge in [-0.25, -0.2) is 13.2 Å². The summed E-state index contributed by atoms with van der Waals surface area (Å²) in [7, 11) is -3.57. The molecular formula is C38H59N5O7S. The highest BCUT2D eigenvalue weighted by molar-refractivity contribution is 7.92. The maximum Gasteiger partial charge on any atom is 0.315 e. The van der Waals surface area contributed by atoms with E-state index in [9.17, 15) is 32.4 Å². The maximum absolute atomic E-state index is 14.7. The molecule has 0 bridgehead atoms. The van der Waals surface area contributed by atoms with Crippen LogP contribution in [0.1, 0.15) is 112 Å². The second-order valence-electron chi connectivity index (χ2n) is 16.7. The van der Waals surface area contributed by atoms with Gasteiger partial charge in [0.1, 0.15) is 12.1 Å². The molecule has 3 saturated carbocycles. The summed E-state index contributed by atoms with van der Waals surface area (Å²) >= 11 is 0. The first-order valence-corrected chi connectivity index (χ1v) is 20.3. The third kappa shape index (κ3) is 9.16. The van der Waals surface area contributed by atoms with Crippen molar-refractivity contribution in [3.63, 3.8) is 0 Å². The van der Waals surface area contributed by atoms with Crippen LogP contribution in [0.2, 0.25) is 0 Å². The molecule has 4 aliphatic rings. The number of piperidine rings is 1. The summed E-state index contributed by atoms with van der Waals surface area (Å²) < 4.78 is 25.8. The fourth-order valence-corrected chi connectivity index (χ4v) is 10.1. The summed E-state index contributed by atoms with van der Waals surface area (Å²) in [5.41, 5.74) is -1.18. The number of hydrogen-bond donors (Lipinski definition) is 4. The van der Waals surface area contributed by atoms with Gasteiger partial charge >= 0.3 is 6.03 Å². The topological polar surface area (TPSA) is 171 Å². The first-order chi connectivity index (χ1) is 23.9. The largest absolute Gasteiger partial charge is 0.346 e. The summed E-state index contributed by atoms with van der Waals surface area (Å²) in [6.45, 7) is 13.0. The lowest BCUT2D eigenvalue weighted by molar-refractivity contribution is -0.144. The minimum absolute atomic E-state index is 0.0434. The average Bonchev–Trinajstić information content (AvgIpc) is 3.38. The second kappa shape index (κ2) is 16.1. The van der Waals surface area contributed by atoms with Gasteiger partial charge < -0.3 is 26.2 Å². The Labute approximate surface area is 304 Å². The molecule has 0 spiro atoms. The molecule has 1 saturated heterocycles. The molecule has 12 nitrogen and oxygen atoms in total. The Morgan fingerprint density at radius 1 is 1.00 bits per heavy atom. The number of likely N-dealkylation sites (tertiary alicyclic amines) is 1. The fourth-order valence-electron chi connectivity index (χ4n) is 8.54. The van der Waals surface area contributed by atoms with Crippen molar-refractivity contribution in [2.45, 2.75) is 140 Å². The van der Waals surface area contributed by atoms with E-state index in [0.717, 1.165) is 51.4 Å². The Hall–Kier alpha value is -3.40. The number of nitrogens with zero attached hydrogens (tertiary/aromatic N) is 1. The number of carbonyl (C=O) groups is 5. The predicted molar refractivity (Wildman–Crippen MR) is 196 cm³/mol. The molecular weight excluding hydrogens is 671 g/mol. The van der Waals surface area contributed by atoms with Crippen LogP contribution in [0.5, 0.6) is 0 Å². The number of amides is 5. The van der Waals surface area contributed by atoms with E-state index in [0.29, 0.717) is 19.4 Å². The van der Waals surface area contributed by atoms with E-state index in [4.69, 9.17) is 6.42 Å². The molecule has 0 radical (unpaired) electrons. The van der Waals surface area contributed by atoms with Gasteiger partial charge in [0.2, 0.25) is 17.6 Å². The number of sulfone groups is 1. The molecule has 1 aliphatic heterocycles. The number of terminal acetylenes is 1. The molecule has 4 fully saturated rings. The Balaban J connectivity index is 1.59. The molecule has 284 valence electrons. The third-order valence-corrected chi connectivity index (χ3v) is 14.7. The van der Waals surface area contributed by atoms with Gasteiger partial charge in [0.25, 0.3) is 5.91 Å². The van der Waals surface area contributed by atoms with Crippen LogP contribution in [0.4, 0.5) is 4.79 Å². The van der Waals surface area contributed by atoms with E-state index in [1.54, 1.807) is 25.7 Å². The van der Waals surface area contributed by atoms with Crippen LogP contribution in [0.3, 0.4) is 0 Å². The predicted octanol–water partition coefficient (Wildman–Crippen LogP) is 3.40. The maximum atomic E-state index is 14.7. The minimum atomic E-state index is -3.57. The zero-order valence-electron chi connectivity index (χ0n) is 31.1. The zero-order chi connectivity index (χ0) is 37.8. The minimum Gasteiger partial charge on any atom is -0.346 e. The number of hydrogen-bond acceptors (Lipinski definition) is 7. The standard InChI is InChI=1S/C38H59N5O7S/c1-8-10-19-27(31(44)33(46)39-22-9-2)40-32(45)30-28-26(37(28,6)7)23-43(30)34(47)29(25-17-13-11-14-18-25)41-35(48)42-38(20-15-12-16-21-38)24-51(49,50)36(3,4)5/h1,9,25-30H,2,10-24H2,3-7H3,(H,39,46)(H,40,45)(H2,41,42,48)/t26?,27?,28?,29-,30-/m0/s1. The molecule has 5 atom stereocenters. The smallest absolute Gasteiger partial charge is 0.315 e. The van der Waals surface area contributed by atoms with Gasteiger partial charge in [-0.3, -0.25) is 19.2 Å². The number of fused-ring (bicyclic) bond motifs is 1. The van der Waals surface area contributed by atoms with E-state index >= 15 is 0 Å². The highest BCUT2D eigenvalue weighted by Crippen LogP contribution is 2.65. The molecule has 13 heteroatoms. The molecule has 4 rings (SSSR count). The Morgan fingerprint density at radius 3 is 2.22 bits per heavy atom. The van der Waals surface area contributed by atoms with Crippen LogP contribution in [0.25, 0.3) is 0 Å². The Morgan fingerprint density at radius 2 is 1.63 bits per heavy atom. The van der Waals surface area contributed by atoms with Gasteiger partial charge in [-0.1, -0.05) is 58.4 Å². The van der Waals surface area contributed by atoms with Crippen molar-refractivity contribution in [3.8, 4) is 12.3 Å². The van der Waals surface area contributed by atoms with Crippen molar-refractivity contribution in [2.24, 2.45) is 23.2 Å². The summed E-state index contributed by atoms with van der Waals surface area (Å²) in [6.07, 6.45) is 15.0. The summed E-state index contributed by atoms with van der Waals surface area (Å²) in [5.74, 6) is -0.602. The van der Waals surface area contributed by atoms with Crippen molar-refractivity contribution in [1.82, 2.24) is 26.2 Å². The van der Waals surface area contributed by atoms with Crippen molar-refractivity contribution in [3.05, 3.63) is 12.7 Å². The lowest BCUT2D eigenvalue weighted by atomic mass is 9.82. The molecule has 51 heavy (non-hydrogen) atoms. The van der Waals surface area contributed by atoms with Gasteiger partial charge in [0.15, 0.2) is 9.84 Å². The molecule has 3 unspecified atom stereocenters. The molecule has 4 N–H and O–H groups in total. The number of ketones is 1. The van der Waals surface area contributed by atoms with E-state index in [1.165, 1.54) is 6.08 Å². The Kier molecular flexibility index (Phi) is 12.7. The van der Waals surface area contributed by atoms with Crippen molar-refractivity contribution >= 4 is 39.4 Å². The lowest BCUT2D eigenvalue weighted by Gasteiger charge is -2.41. The van der Waals surface area contributed by atoms with E-state index in [1.807, 2.05) is 13.8 Å². The number of carbonyl (C=O) groups excluding carboxylic acids is 5. The number of urea groups is 1. The highest BCUT2D eigenvalue weighted by Gasteiger charge is 2.69. The molecule has 3 aliphatic carbocycles. The van der Waals surface area contributed by atoms with Crippen molar-refractivity contribution in [1.29, 1.82) is 0 Å². The van der Waals surface area contributed by atoms with Crippen LogP contribution >= 0.6 is 0 Å². The second-order valence-corrected chi connectivity index (χ2v) is 19.5. The van der Waals surface area contributed by atoms with Gasteiger partial charge in [0.05, 0.1) is 22.1 Å².